The highest BCUT2D eigenvalue weighted by molar-refractivity contribution is 5.76. The number of hydrogen-bond donors (Lipinski definition) is 0. The molecular formula is C19H18N2O4. The van der Waals surface area contributed by atoms with Crippen LogP contribution in [0.2, 0.25) is 0 Å². The Morgan fingerprint density at radius 2 is 1.20 bits per heavy atom. The van der Waals surface area contributed by atoms with E-state index in [-0.39, 0.29) is 0 Å². The number of nitrogens with zero attached hydrogens (tertiary/aromatic N) is 2. The van der Waals surface area contributed by atoms with E-state index < -0.39 is 5.41 Å². The Balaban J connectivity index is 1.80. The lowest BCUT2D eigenvalue weighted by molar-refractivity contribution is 0.360. The standard InChI is InChI=1S/C19H18N2O4/c1-19(2,17-20-13-9-11(22-3)5-7-15(13)24-17)18-21-14-10-12(23-4)6-8-16(14)25-18/h5-10H,1-4H3. The molecule has 4 rings (SSSR count). The third-order valence-corrected chi connectivity index (χ3v) is 4.26. The molecule has 0 atom stereocenters. The zero-order valence-corrected chi connectivity index (χ0v) is 14.5. The molecule has 25 heavy (non-hydrogen) atoms. The van der Waals surface area contributed by atoms with E-state index in [9.17, 15) is 0 Å². The van der Waals surface area contributed by atoms with E-state index in [2.05, 4.69) is 9.97 Å². The number of fused-ring (bicyclic) bond motifs is 2. The maximum Gasteiger partial charge on any atom is 0.210 e. The second-order valence-electron chi connectivity index (χ2n) is 6.33. The van der Waals surface area contributed by atoms with Crippen LogP contribution in [0.15, 0.2) is 45.2 Å². The molecule has 128 valence electrons. The highest BCUT2D eigenvalue weighted by atomic mass is 16.5. The summed E-state index contributed by atoms with van der Waals surface area (Å²) in [4.78, 5) is 9.20. The fourth-order valence-electron chi connectivity index (χ4n) is 2.69. The van der Waals surface area contributed by atoms with Crippen LogP contribution in [0.1, 0.15) is 25.6 Å². The van der Waals surface area contributed by atoms with E-state index in [1.165, 1.54) is 0 Å². The van der Waals surface area contributed by atoms with Crippen LogP contribution in [-0.2, 0) is 5.41 Å². The van der Waals surface area contributed by atoms with Crippen molar-refractivity contribution in [2.45, 2.75) is 19.3 Å². The maximum atomic E-state index is 5.94. The first-order valence-corrected chi connectivity index (χ1v) is 7.91. The summed E-state index contributed by atoms with van der Waals surface area (Å²) in [5.74, 6) is 2.54. The summed E-state index contributed by atoms with van der Waals surface area (Å²) in [5.41, 5.74) is 2.24. The van der Waals surface area contributed by atoms with Gasteiger partial charge in [-0.1, -0.05) is 0 Å². The van der Waals surface area contributed by atoms with Crippen molar-refractivity contribution >= 4 is 22.2 Å². The lowest BCUT2D eigenvalue weighted by Crippen LogP contribution is -2.19. The number of benzene rings is 2. The molecule has 0 unspecified atom stereocenters. The van der Waals surface area contributed by atoms with Crippen LogP contribution < -0.4 is 9.47 Å². The van der Waals surface area contributed by atoms with Gasteiger partial charge in [-0.15, -0.1) is 0 Å². The zero-order chi connectivity index (χ0) is 17.6. The fourth-order valence-corrected chi connectivity index (χ4v) is 2.69. The molecule has 0 fully saturated rings. The van der Waals surface area contributed by atoms with Crippen molar-refractivity contribution in [3.63, 3.8) is 0 Å². The summed E-state index contributed by atoms with van der Waals surface area (Å²) in [5, 5.41) is 0. The molecule has 0 aliphatic carbocycles. The van der Waals surface area contributed by atoms with Gasteiger partial charge in [0.15, 0.2) is 11.2 Å². The van der Waals surface area contributed by atoms with Crippen molar-refractivity contribution in [1.82, 2.24) is 9.97 Å². The quantitative estimate of drug-likeness (QED) is 0.552. The third-order valence-electron chi connectivity index (χ3n) is 4.26. The highest BCUT2D eigenvalue weighted by Gasteiger charge is 2.34. The number of ether oxygens (including phenoxy) is 2. The van der Waals surface area contributed by atoms with E-state index in [0.29, 0.717) is 22.9 Å². The van der Waals surface area contributed by atoms with Crippen molar-refractivity contribution in [2.24, 2.45) is 0 Å². The van der Waals surface area contributed by atoms with Gasteiger partial charge >= 0.3 is 0 Å². The number of methoxy groups -OCH3 is 2. The monoisotopic (exact) mass is 338 g/mol. The number of oxazole rings is 2. The molecule has 4 aromatic rings. The molecule has 2 aromatic heterocycles. The SMILES string of the molecule is COc1ccc2oc(C(C)(C)c3nc4cc(OC)ccc4o3)nc2c1. The molecule has 6 nitrogen and oxygen atoms in total. The Labute approximate surface area is 144 Å². The van der Waals surface area contributed by atoms with Gasteiger partial charge in [-0.25, -0.2) is 9.97 Å². The third kappa shape index (κ3) is 2.50. The zero-order valence-electron chi connectivity index (χ0n) is 14.5. The topological polar surface area (TPSA) is 70.5 Å². The molecule has 6 heteroatoms. The molecule has 0 aliphatic rings. The van der Waals surface area contributed by atoms with Crippen molar-refractivity contribution in [3.05, 3.63) is 48.2 Å². The fraction of sp³-hybridized carbons (Fsp3) is 0.263. The van der Waals surface area contributed by atoms with Crippen LogP contribution in [-0.4, -0.2) is 24.2 Å². The Kier molecular flexibility index (Phi) is 3.42. The van der Waals surface area contributed by atoms with Gasteiger partial charge in [0.2, 0.25) is 11.8 Å². The van der Waals surface area contributed by atoms with Crippen LogP contribution in [0.25, 0.3) is 22.2 Å². The van der Waals surface area contributed by atoms with Crippen molar-refractivity contribution in [3.8, 4) is 11.5 Å². The Morgan fingerprint density at radius 3 is 1.60 bits per heavy atom. The molecule has 0 saturated heterocycles. The summed E-state index contributed by atoms with van der Waals surface area (Å²) in [6.07, 6.45) is 0. The summed E-state index contributed by atoms with van der Waals surface area (Å²) in [6, 6.07) is 11.1. The van der Waals surface area contributed by atoms with E-state index in [1.54, 1.807) is 14.2 Å². The van der Waals surface area contributed by atoms with Gasteiger partial charge in [0.25, 0.3) is 0 Å². The number of hydrogen-bond acceptors (Lipinski definition) is 6. The first-order chi connectivity index (χ1) is 12.0. The second kappa shape index (κ2) is 5.51. The molecule has 0 saturated carbocycles. The van der Waals surface area contributed by atoms with Gasteiger partial charge in [-0.05, 0) is 38.1 Å². The molecular weight excluding hydrogens is 320 g/mol. The van der Waals surface area contributed by atoms with E-state index in [4.69, 9.17) is 18.3 Å². The molecule has 2 heterocycles. The summed E-state index contributed by atoms with van der Waals surface area (Å²) < 4.78 is 22.4. The van der Waals surface area contributed by atoms with Gasteiger partial charge in [0, 0.05) is 12.1 Å². The molecule has 0 aliphatic heterocycles. The van der Waals surface area contributed by atoms with Gasteiger partial charge in [-0.3, -0.25) is 0 Å². The minimum atomic E-state index is -0.626. The Hall–Kier alpha value is -3.02. The van der Waals surface area contributed by atoms with Crippen LogP contribution in [0.5, 0.6) is 11.5 Å². The molecule has 0 radical (unpaired) electrons. The molecule has 2 aromatic carbocycles. The average molecular weight is 338 g/mol. The number of rotatable bonds is 4. The minimum absolute atomic E-state index is 0.536. The predicted octanol–water partition coefficient (Wildman–Crippen LogP) is 4.31. The van der Waals surface area contributed by atoms with Gasteiger partial charge in [0.05, 0.1) is 14.2 Å². The first kappa shape index (κ1) is 15.5. The van der Waals surface area contributed by atoms with E-state index in [1.807, 2.05) is 50.2 Å². The summed E-state index contributed by atoms with van der Waals surface area (Å²) in [6.45, 7) is 3.94. The van der Waals surface area contributed by atoms with Crippen LogP contribution in [0, 0.1) is 0 Å². The van der Waals surface area contributed by atoms with Crippen molar-refractivity contribution < 1.29 is 18.3 Å². The maximum absolute atomic E-state index is 5.94. The van der Waals surface area contributed by atoms with E-state index >= 15 is 0 Å². The minimum Gasteiger partial charge on any atom is -0.497 e. The van der Waals surface area contributed by atoms with Crippen molar-refractivity contribution in [2.75, 3.05) is 14.2 Å². The van der Waals surface area contributed by atoms with Crippen molar-refractivity contribution in [1.29, 1.82) is 0 Å². The second-order valence-corrected chi connectivity index (χ2v) is 6.33. The van der Waals surface area contributed by atoms with Gasteiger partial charge in [-0.2, -0.15) is 0 Å². The largest absolute Gasteiger partial charge is 0.497 e. The van der Waals surface area contributed by atoms with E-state index in [0.717, 1.165) is 22.5 Å². The van der Waals surface area contributed by atoms with Crippen LogP contribution in [0.4, 0.5) is 0 Å². The van der Waals surface area contributed by atoms with Gasteiger partial charge < -0.3 is 18.3 Å². The first-order valence-electron chi connectivity index (χ1n) is 7.91. The lowest BCUT2D eigenvalue weighted by atomic mass is 9.93. The van der Waals surface area contributed by atoms with Gasteiger partial charge in [0.1, 0.15) is 27.9 Å². The normalized spacial score (nSPS) is 12.0. The molecule has 0 spiro atoms. The number of aromatic nitrogens is 2. The Morgan fingerprint density at radius 1 is 0.760 bits per heavy atom. The summed E-state index contributed by atoms with van der Waals surface area (Å²) in [7, 11) is 3.25. The predicted molar refractivity (Wildman–Crippen MR) is 93.3 cm³/mol. The lowest BCUT2D eigenvalue weighted by Gasteiger charge is -2.15. The van der Waals surface area contributed by atoms with Crippen LogP contribution >= 0.6 is 0 Å². The Bertz CT molecular complexity index is 978. The molecule has 0 N–H and O–H groups in total. The summed E-state index contributed by atoms with van der Waals surface area (Å²) >= 11 is 0. The molecule has 0 amide bonds. The highest BCUT2D eigenvalue weighted by Crippen LogP contribution is 2.35. The average Bonchev–Trinajstić information content (AvgIpc) is 3.24. The smallest absolute Gasteiger partial charge is 0.210 e. The molecule has 0 bridgehead atoms. The van der Waals surface area contributed by atoms with Crippen LogP contribution in [0.3, 0.4) is 0 Å².